The maximum Gasteiger partial charge on any atom is 0.275 e. The Bertz CT molecular complexity index is 958. The van der Waals surface area contributed by atoms with Crippen LogP contribution in [-0.2, 0) is 16.4 Å². The highest BCUT2D eigenvalue weighted by atomic mass is 32.2. The van der Waals surface area contributed by atoms with Gasteiger partial charge in [-0.3, -0.25) is 4.79 Å². The summed E-state index contributed by atoms with van der Waals surface area (Å²) in [6.45, 7) is 2.54. The molecule has 0 bridgehead atoms. The van der Waals surface area contributed by atoms with E-state index in [0.717, 1.165) is 12.8 Å². The molecule has 0 radical (unpaired) electrons. The van der Waals surface area contributed by atoms with E-state index < -0.39 is 10.0 Å². The van der Waals surface area contributed by atoms with Crippen molar-refractivity contribution in [2.24, 2.45) is 0 Å². The van der Waals surface area contributed by atoms with Crippen LogP contribution in [0.5, 0.6) is 0 Å². The molecule has 28 heavy (non-hydrogen) atoms. The Hall–Kier alpha value is -2.27. The molecular formula is C17H23N5O5S. The van der Waals surface area contributed by atoms with Gasteiger partial charge in [0.2, 0.25) is 15.9 Å². The summed E-state index contributed by atoms with van der Waals surface area (Å²) in [6, 6.07) is -0.273. The molecule has 2 aromatic rings. The number of hydrogen-bond donors (Lipinski definition) is 0. The molecule has 1 aliphatic heterocycles. The van der Waals surface area contributed by atoms with Crippen molar-refractivity contribution in [1.29, 1.82) is 0 Å². The number of aryl methyl sites for hydroxylation is 1. The number of carbonyl (C=O) groups excluding carboxylic acids is 1. The molecule has 1 saturated heterocycles. The molecule has 1 aliphatic carbocycles. The van der Waals surface area contributed by atoms with E-state index in [1.807, 2.05) is 0 Å². The number of nitrogens with zero attached hydrogens (tertiary/aromatic N) is 5. The average molecular weight is 409 g/mol. The highest BCUT2D eigenvalue weighted by Gasteiger charge is 2.39. The number of aromatic nitrogens is 3. The van der Waals surface area contributed by atoms with Crippen molar-refractivity contribution in [1.82, 2.24) is 24.3 Å². The van der Waals surface area contributed by atoms with E-state index in [9.17, 15) is 13.2 Å². The lowest BCUT2D eigenvalue weighted by molar-refractivity contribution is 0.0448. The average Bonchev–Trinajstić information content (AvgIpc) is 3.15. The Kier molecular flexibility index (Phi) is 4.96. The van der Waals surface area contributed by atoms with Crippen molar-refractivity contribution in [3.8, 4) is 0 Å². The lowest BCUT2D eigenvalue weighted by atomic mass is 9.85. The van der Waals surface area contributed by atoms with Gasteiger partial charge in [-0.05, 0) is 12.8 Å². The number of oxazole rings is 1. The molecule has 0 unspecified atom stereocenters. The van der Waals surface area contributed by atoms with Crippen molar-refractivity contribution in [2.75, 3.05) is 25.9 Å². The van der Waals surface area contributed by atoms with E-state index >= 15 is 0 Å². The molecule has 10 nitrogen and oxygen atoms in total. The van der Waals surface area contributed by atoms with Gasteiger partial charge in [0.15, 0.2) is 17.4 Å². The lowest BCUT2D eigenvalue weighted by Gasteiger charge is -2.43. The fraction of sp³-hybridized carbons (Fsp3) is 0.647. The minimum atomic E-state index is -3.43. The molecule has 1 saturated carbocycles. The van der Waals surface area contributed by atoms with Crippen LogP contribution in [-0.4, -0.2) is 70.6 Å². The van der Waals surface area contributed by atoms with Crippen molar-refractivity contribution >= 4 is 15.9 Å². The SMILES string of the molecule is Cc1nc(C(=O)N2CC(N(CCc3noc(C4CCC4)n3)S(C)(=O)=O)C2)co1. The van der Waals surface area contributed by atoms with Crippen molar-refractivity contribution in [2.45, 2.75) is 44.6 Å². The van der Waals surface area contributed by atoms with E-state index in [1.54, 1.807) is 11.8 Å². The Morgan fingerprint density at radius 2 is 2.07 bits per heavy atom. The third-order valence-corrected chi connectivity index (χ3v) is 6.65. The second kappa shape index (κ2) is 7.28. The number of rotatable bonds is 7. The van der Waals surface area contributed by atoms with E-state index in [4.69, 9.17) is 8.94 Å². The first-order chi connectivity index (χ1) is 13.3. The Morgan fingerprint density at radius 1 is 1.32 bits per heavy atom. The molecule has 152 valence electrons. The summed E-state index contributed by atoms with van der Waals surface area (Å²) in [5, 5.41) is 3.97. The largest absolute Gasteiger partial charge is 0.448 e. The van der Waals surface area contributed by atoms with Gasteiger partial charge in [0.1, 0.15) is 6.26 Å². The monoisotopic (exact) mass is 409 g/mol. The van der Waals surface area contributed by atoms with Crippen molar-refractivity contribution in [3.05, 3.63) is 29.6 Å². The van der Waals surface area contributed by atoms with Gasteiger partial charge in [-0.1, -0.05) is 11.6 Å². The topological polar surface area (TPSA) is 123 Å². The van der Waals surface area contributed by atoms with Crippen LogP contribution in [0.1, 0.15) is 53.3 Å². The maximum atomic E-state index is 12.3. The number of likely N-dealkylation sites (tertiary alicyclic amines) is 1. The molecule has 2 aromatic heterocycles. The van der Waals surface area contributed by atoms with E-state index in [0.29, 0.717) is 43.0 Å². The third kappa shape index (κ3) is 3.81. The summed E-state index contributed by atoms with van der Waals surface area (Å²) in [7, 11) is -3.43. The minimum absolute atomic E-state index is 0.233. The molecule has 0 atom stereocenters. The summed E-state index contributed by atoms with van der Waals surface area (Å²) in [4.78, 5) is 22.3. The normalized spacial score (nSPS) is 18.3. The lowest BCUT2D eigenvalue weighted by Crippen LogP contribution is -2.62. The van der Waals surface area contributed by atoms with Crippen LogP contribution < -0.4 is 0 Å². The fourth-order valence-electron chi connectivity index (χ4n) is 3.45. The fourth-order valence-corrected chi connectivity index (χ4v) is 4.54. The Morgan fingerprint density at radius 3 is 2.64 bits per heavy atom. The van der Waals surface area contributed by atoms with Gasteiger partial charge in [0.25, 0.3) is 5.91 Å². The first-order valence-corrected chi connectivity index (χ1v) is 11.2. The second-order valence-electron chi connectivity index (χ2n) is 7.42. The first-order valence-electron chi connectivity index (χ1n) is 9.32. The van der Waals surface area contributed by atoms with Gasteiger partial charge in [-0.2, -0.15) is 9.29 Å². The van der Waals surface area contributed by atoms with Gasteiger partial charge >= 0.3 is 0 Å². The molecule has 0 aromatic carbocycles. The zero-order valence-electron chi connectivity index (χ0n) is 15.9. The molecule has 2 aliphatic rings. The summed E-state index contributed by atoms with van der Waals surface area (Å²) < 4.78 is 36.2. The summed E-state index contributed by atoms with van der Waals surface area (Å²) >= 11 is 0. The molecule has 1 amide bonds. The van der Waals surface area contributed by atoms with Crippen LogP contribution in [0.4, 0.5) is 0 Å². The Balaban J connectivity index is 1.35. The maximum absolute atomic E-state index is 12.3. The Labute approximate surface area is 162 Å². The smallest absolute Gasteiger partial charge is 0.275 e. The van der Waals surface area contributed by atoms with Crippen LogP contribution >= 0.6 is 0 Å². The first kappa shape index (κ1) is 19.1. The van der Waals surface area contributed by atoms with Gasteiger partial charge < -0.3 is 13.8 Å². The highest BCUT2D eigenvalue weighted by molar-refractivity contribution is 7.88. The summed E-state index contributed by atoms with van der Waals surface area (Å²) in [5.74, 6) is 1.67. The summed E-state index contributed by atoms with van der Waals surface area (Å²) in [6.07, 6.45) is 6.16. The number of amides is 1. The predicted molar refractivity (Wildman–Crippen MR) is 97.1 cm³/mol. The predicted octanol–water partition coefficient (Wildman–Crippen LogP) is 0.962. The van der Waals surface area contributed by atoms with E-state index in [2.05, 4.69) is 15.1 Å². The molecule has 0 spiro atoms. The minimum Gasteiger partial charge on any atom is -0.448 e. The molecule has 3 heterocycles. The summed E-state index contributed by atoms with van der Waals surface area (Å²) in [5.41, 5.74) is 0.233. The number of sulfonamides is 1. The van der Waals surface area contributed by atoms with Gasteiger partial charge in [0, 0.05) is 38.9 Å². The number of hydrogen-bond acceptors (Lipinski definition) is 8. The molecule has 0 N–H and O–H groups in total. The van der Waals surface area contributed by atoms with Gasteiger partial charge in [-0.25, -0.2) is 13.4 Å². The van der Waals surface area contributed by atoms with Gasteiger partial charge in [-0.15, -0.1) is 0 Å². The van der Waals surface area contributed by atoms with Crippen LogP contribution in [0.2, 0.25) is 0 Å². The molecular weight excluding hydrogens is 386 g/mol. The zero-order chi connectivity index (χ0) is 19.9. The van der Waals surface area contributed by atoms with Crippen LogP contribution in [0.15, 0.2) is 15.2 Å². The molecule has 11 heteroatoms. The zero-order valence-corrected chi connectivity index (χ0v) is 16.7. The van der Waals surface area contributed by atoms with E-state index in [-0.39, 0.29) is 24.2 Å². The van der Waals surface area contributed by atoms with Crippen molar-refractivity contribution < 1.29 is 22.2 Å². The third-order valence-electron chi connectivity index (χ3n) is 5.31. The second-order valence-corrected chi connectivity index (χ2v) is 9.35. The quantitative estimate of drug-likeness (QED) is 0.663. The van der Waals surface area contributed by atoms with E-state index in [1.165, 1.54) is 23.2 Å². The van der Waals surface area contributed by atoms with Gasteiger partial charge in [0.05, 0.1) is 12.3 Å². The van der Waals surface area contributed by atoms with Crippen LogP contribution in [0.3, 0.4) is 0 Å². The van der Waals surface area contributed by atoms with Crippen molar-refractivity contribution in [3.63, 3.8) is 0 Å². The highest BCUT2D eigenvalue weighted by Crippen LogP contribution is 2.35. The number of carbonyl (C=O) groups is 1. The standard InChI is InChI=1S/C17H23N5O5S/c1-11-18-14(10-26-11)17(23)21-8-13(9-21)22(28(2,24)25)7-6-15-19-16(27-20-15)12-4-3-5-12/h10,12-13H,3-9H2,1-2H3. The van der Waals surface area contributed by atoms with Crippen LogP contribution in [0.25, 0.3) is 0 Å². The molecule has 4 rings (SSSR count). The molecule has 2 fully saturated rings. The van der Waals surface area contributed by atoms with Crippen LogP contribution in [0, 0.1) is 6.92 Å².